The van der Waals surface area contributed by atoms with Gasteiger partial charge in [-0.15, -0.1) is 0 Å². The molecule has 0 amide bonds. The van der Waals surface area contributed by atoms with Crippen LogP contribution in [0.5, 0.6) is 0 Å². The first-order valence-electron chi connectivity index (χ1n) is 6.61. The van der Waals surface area contributed by atoms with Crippen molar-refractivity contribution in [2.45, 2.75) is 37.8 Å². The fourth-order valence-corrected chi connectivity index (χ4v) is 4.43. The quantitative estimate of drug-likeness (QED) is 0.890. The molecule has 20 heavy (non-hydrogen) atoms. The van der Waals surface area contributed by atoms with Crippen molar-refractivity contribution < 1.29 is 8.42 Å². The highest BCUT2D eigenvalue weighted by molar-refractivity contribution is 7.89. The van der Waals surface area contributed by atoms with Gasteiger partial charge in [-0.1, -0.05) is 6.07 Å². The molecule has 1 N–H and O–H groups in total. The van der Waals surface area contributed by atoms with E-state index in [2.05, 4.69) is 5.32 Å². The Balaban J connectivity index is 2.42. The molecule has 1 aliphatic rings. The second-order valence-electron chi connectivity index (χ2n) is 5.38. The van der Waals surface area contributed by atoms with E-state index in [4.69, 9.17) is 5.26 Å². The highest BCUT2D eigenvalue weighted by Crippen LogP contribution is 2.23. The number of sulfonamides is 1. The summed E-state index contributed by atoms with van der Waals surface area (Å²) in [5, 5.41) is 12.3. The van der Waals surface area contributed by atoms with E-state index in [0.717, 1.165) is 0 Å². The minimum Gasteiger partial charge on any atom is -0.309 e. The van der Waals surface area contributed by atoms with Crippen LogP contribution in [-0.2, 0) is 10.0 Å². The lowest BCUT2D eigenvalue weighted by atomic mass is 10.2. The third-order valence-electron chi connectivity index (χ3n) is 3.46. The van der Waals surface area contributed by atoms with Crippen molar-refractivity contribution in [3.63, 3.8) is 0 Å². The van der Waals surface area contributed by atoms with E-state index in [-0.39, 0.29) is 17.0 Å². The predicted molar refractivity (Wildman–Crippen MR) is 76.7 cm³/mol. The van der Waals surface area contributed by atoms with Crippen molar-refractivity contribution in [1.29, 1.82) is 5.26 Å². The Morgan fingerprint density at radius 3 is 2.45 bits per heavy atom. The van der Waals surface area contributed by atoms with Crippen molar-refractivity contribution in [2.24, 2.45) is 0 Å². The molecule has 0 spiro atoms. The lowest BCUT2D eigenvalue weighted by Crippen LogP contribution is -2.55. The molecule has 0 unspecified atom stereocenters. The monoisotopic (exact) mass is 293 g/mol. The molecule has 0 radical (unpaired) electrons. The van der Waals surface area contributed by atoms with E-state index < -0.39 is 10.0 Å². The van der Waals surface area contributed by atoms with Crippen molar-refractivity contribution in [3.8, 4) is 6.07 Å². The van der Waals surface area contributed by atoms with Crippen LogP contribution in [0.15, 0.2) is 23.1 Å². The molecule has 2 rings (SSSR count). The van der Waals surface area contributed by atoms with Gasteiger partial charge in [-0.3, -0.25) is 0 Å². The molecule has 0 aromatic heterocycles. The van der Waals surface area contributed by atoms with Crippen LogP contribution < -0.4 is 5.32 Å². The van der Waals surface area contributed by atoms with Crippen LogP contribution in [0.1, 0.15) is 25.0 Å². The maximum Gasteiger partial charge on any atom is 0.243 e. The summed E-state index contributed by atoms with van der Waals surface area (Å²) in [6.07, 6.45) is 0. The second kappa shape index (κ2) is 5.52. The average Bonchev–Trinajstić information content (AvgIpc) is 2.38. The molecule has 1 saturated heterocycles. The molecule has 6 heteroatoms. The van der Waals surface area contributed by atoms with E-state index in [1.54, 1.807) is 19.1 Å². The number of hydrogen-bond donors (Lipinski definition) is 1. The number of nitrogens with one attached hydrogen (secondary N) is 1. The van der Waals surface area contributed by atoms with Gasteiger partial charge >= 0.3 is 0 Å². The minimum atomic E-state index is -3.55. The van der Waals surface area contributed by atoms with Gasteiger partial charge in [0.05, 0.1) is 16.5 Å². The Morgan fingerprint density at radius 2 is 1.90 bits per heavy atom. The smallest absolute Gasteiger partial charge is 0.243 e. The minimum absolute atomic E-state index is 0.119. The molecule has 1 aromatic carbocycles. The average molecular weight is 293 g/mol. The zero-order valence-corrected chi connectivity index (χ0v) is 12.7. The Labute approximate surface area is 120 Å². The molecular weight excluding hydrogens is 274 g/mol. The fraction of sp³-hybridized carbons (Fsp3) is 0.500. The lowest BCUT2D eigenvalue weighted by Gasteiger charge is -2.35. The van der Waals surface area contributed by atoms with Crippen LogP contribution in [0, 0.1) is 18.3 Å². The zero-order chi connectivity index (χ0) is 14.9. The first kappa shape index (κ1) is 15.0. The summed E-state index contributed by atoms with van der Waals surface area (Å²) in [7, 11) is -3.55. The summed E-state index contributed by atoms with van der Waals surface area (Å²) in [6, 6.07) is 7.01. The normalized spacial score (nSPS) is 24.3. The van der Waals surface area contributed by atoms with Gasteiger partial charge in [0.1, 0.15) is 0 Å². The first-order valence-corrected chi connectivity index (χ1v) is 8.05. The van der Waals surface area contributed by atoms with Crippen LogP contribution in [0.2, 0.25) is 0 Å². The molecule has 0 aliphatic carbocycles. The molecule has 1 aromatic rings. The Kier molecular flexibility index (Phi) is 4.14. The van der Waals surface area contributed by atoms with Gasteiger partial charge in [-0.25, -0.2) is 8.42 Å². The van der Waals surface area contributed by atoms with Gasteiger partial charge in [0, 0.05) is 25.2 Å². The van der Waals surface area contributed by atoms with Crippen LogP contribution >= 0.6 is 0 Å². The maximum atomic E-state index is 12.8. The van der Waals surface area contributed by atoms with Crippen molar-refractivity contribution in [1.82, 2.24) is 9.62 Å². The molecule has 108 valence electrons. The molecule has 0 saturated carbocycles. The summed E-state index contributed by atoms with van der Waals surface area (Å²) in [4.78, 5) is 0.234. The molecular formula is C14H19N3O2S. The Bertz CT molecular complexity index is 639. The van der Waals surface area contributed by atoms with Crippen LogP contribution in [0.4, 0.5) is 0 Å². The van der Waals surface area contributed by atoms with Gasteiger partial charge in [-0.2, -0.15) is 9.57 Å². The van der Waals surface area contributed by atoms with Gasteiger partial charge in [-0.05, 0) is 38.5 Å². The van der Waals surface area contributed by atoms with E-state index in [1.165, 1.54) is 10.4 Å². The molecule has 1 heterocycles. The van der Waals surface area contributed by atoms with Gasteiger partial charge < -0.3 is 5.32 Å². The van der Waals surface area contributed by atoms with Gasteiger partial charge in [0.2, 0.25) is 10.0 Å². The molecule has 1 aliphatic heterocycles. The first-order chi connectivity index (χ1) is 9.34. The van der Waals surface area contributed by atoms with Gasteiger partial charge in [0.25, 0.3) is 0 Å². The summed E-state index contributed by atoms with van der Waals surface area (Å²) in [5.74, 6) is 0. The third kappa shape index (κ3) is 2.85. The SMILES string of the molecule is Cc1ccc(C#N)cc1S(=O)(=O)N1C[C@@H](C)N[C@@H](C)C1. The van der Waals surface area contributed by atoms with E-state index >= 15 is 0 Å². The van der Waals surface area contributed by atoms with Crippen LogP contribution in [0.25, 0.3) is 0 Å². The number of hydrogen-bond acceptors (Lipinski definition) is 4. The lowest BCUT2D eigenvalue weighted by molar-refractivity contribution is 0.263. The topological polar surface area (TPSA) is 73.2 Å². The Hall–Kier alpha value is -1.42. The van der Waals surface area contributed by atoms with Crippen molar-refractivity contribution in [2.75, 3.05) is 13.1 Å². The second-order valence-corrected chi connectivity index (χ2v) is 7.29. The number of aryl methyl sites for hydroxylation is 1. The maximum absolute atomic E-state index is 12.8. The fourth-order valence-electron chi connectivity index (χ4n) is 2.56. The summed E-state index contributed by atoms with van der Waals surface area (Å²) in [6.45, 7) is 6.59. The third-order valence-corrected chi connectivity index (χ3v) is 5.43. The van der Waals surface area contributed by atoms with E-state index in [0.29, 0.717) is 24.2 Å². The highest BCUT2D eigenvalue weighted by Gasteiger charge is 2.32. The highest BCUT2D eigenvalue weighted by atomic mass is 32.2. The molecule has 2 atom stereocenters. The molecule has 0 bridgehead atoms. The number of nitriles is 1. The van der Waals surface area contributed by atoms with Crippen molar-refractivity contribution in [3.05, 3.63) is 29.3 Å². The zero-order valence-electron chi connectivity index (χ0n) is 11.9. The molecule has 5 nitrogen and oxygen atoms in total. The predicted octanol–water partition coefficient (Wildman–Crippen LogP) is 1.24. The number of rotatable bonds is 2. The number of piperazine rings is 1. The Morgan fingerprint density at radius 1 is 1.30 bits per heavy atom. The largest absolute Gasteiger partial charge is 0.309 e. The van der Waals surface area contributed by atoms with E-state index in [9.17, 15) is 8.42 Å². The number of benzene rings is 1. The summed E-state index contributed by atoms with van der Waals surface area (Å²) >= 11 is 0. The van der Waals surface area contributed by atoms with E-state index in [1.807, 2.05) is 19.9 Å². The summed E-state index contributed by atoms with van der Waals surface area (Å²) < 4.78 is 27.0. The molecule has 1 fully saturated rings. The van der Waals surface area contributed by atoms with Gasteiger partial charge in [0.15, 0.2) is 0 Å². The van der Waals surface area contributed by atoms with Crippen LogP contribution in [-0.4, -0.2) is 37.9 Å². The van der Waals surface area contributed by atoms with Crippen LogP contribution in [0.3, 0.4) is 0 Å². The summed E-state index contributed by atoms with van der Waals surface area (Å²) in [5.41, 5.74) is 1.04. The van der Waals surface area contributed by atoms with Crippen molar-refractivity contribution >= 4 is 10.0 Å². The standard InChI is InChI=1S/C14H19N3O2S/c1-10-4-5-13(7-15)6-14(10)20(18,19)17-8-11(2)16-12(3)9-17/h4-6,11-12,16H,8-9H2,1-3H3/t11-,12+. The number of nitrogens with zero attached hydrogens (tertiary/aromatic N) is 2.